The molecule has 3 heterocycles. The van der Waals surface area contributed by atoms with Crippen molar-refractivity contribution in [2.24, 2.45) is 0 Å². The Morgan fingerprint density at radius 3 is 2.52 bits per heavy atom. The van der Waals surface area contributed by atoms with Gasteiger partial charge in [0.2, 0.25) is 22.1 Å². The first-order chi connectivity index (χ1) is 14.0. The maximum atomic E-state index is 13.1. The molecule has 2 aliphatic rings. The van der Waals surface area contributed by atoms with Crippen LogP contribution in [0.4, 0.5) is 20.3 Å². The highest BCUT2D eigenvalue weighted by Gasteiger charge is 2.27. The number of amides is 2. The number of halogens is 1. The summed E-state index contributed by atoms with van der Waals surface area (Å²) in [6, 6.07) is 6.43. The summed E-state index contributed by atoms with van der Waals surface area (Å²) < 4.78 is 13.1. The highest BCUT2D eigenvalue weighted by atomic mass is 32.1. The van der Waals surface area contributed by atoms with Gasteiger partial charge in [0.15, 0.2) is 0 Å². The molecular formula is C19H23FN6O2S. The van der Waals surface area contributed by atoms with Gasteiger partial charge in [-0.05, 0) is 30.7 Å². The number of benzene rings is 1. The lowest BCUT2D eigenvalue weighted by molar-refractivity contribution is -0.130. The summed E-state index contributed by atoms with van der Waals surface area (Å²) in [6.07, 6.45) is 1.39. The van der Waals surface area contributed by atoms with Gasteiger partial charge in [0, 0.05) is 51.9 Å². The van der Waals surface area contributed by atoms with Crippen molar-refractivity contribution < 1.29 is 14.0 Å². The number of likely N-dealkylation sites (N-methyl/N-ethyl adjacent to an activating group) is 1. The predicted octanol–water partition coefficient (Wildman–Crippen LogP) is 1.59. The summed E-state index contributed by atoms with van der Waals surface area (Å²) in [6.45, 7) is 3.54. The standard InChI is InChI=1S/C19H23FN6O2S/c1-23(18-21-22-19(29-18)26-8-2-3-16(26)27)13-17(28)25-11-9-24(10-12-25)15-6-4-14(20)5-7-15/h4-7H,2-3,8-13H2,1H3. The number of rotatable bonds is 5. The molecule has 0 unspecified atom stereocenters. The lowest BCUT2D eigenvalue weighted by Gasteiger charge is -2.36. The zero-order valence-corrected chi connectivity index (χ0v) is 17.1. The van der Waals surface area contributed by atoms with Gasteiger partial charge in [0.05, 0.1) is 6.54 Å². The van der Waals surface area contributed by atoms with Crippen molar-refractivity contribution in [2.45, 2.75) is 12.8 Å². The largest absolute Gasteiger partial charge is 0.368 e. The van der Waals surface area contributed by atoms with Crippen LogP contribution in [-0.2, 0) is 9.59 Å². The second-order valence-corrected chi connectivity index (χ2v) is 8.15. The predicted molar refractivity (Wildman–Crippen MR) is 110 cm³/mol. The van der Waals surface area contributed by atoms with Crippen LogP contribution in [0.25, 0.3) is 0 Å². The first-order valence-electron chi connectivity index (χ1n) is 9.64. The Morgan fingerprint density at radius 1 is 1.14 bits per heavy atom. The fourth-order valence-electron chi connectivity index (χ4n) is 3.56. The van der Waals surface area contributed by atoms with Gasteiger partial charge >= 0.3 is 0 Å². The summed E-state index contributed by atoms with van der Waals surface area (Å²) in [5.74, 6) is -0.148. The highest BCUT2D eigenvalue weighted by Crippen LogP contribution is 2.29. The van der Waals surface area contributed by atoms with Crippen molar-refractivity contribution in [2.75, 3.05) is 61.0 Å². The molecule has 2 saturated heterocycles. The molecule has 154 valence electrons. The topological polar surface area (TPSA) is 72.9 Å². The Hall–Kier alpha value is -2.75. The Kier molecular flexibility index (Phi) is 5.61. The van der Waals surface area contributed by atoms with Crippen LogP contribution in [0.3, 0.4) is 0 Å². The monoisotopic (exact) mass is 418 g/mol. The third-order valence-corrected chi connectivity index (χ3v) is 6.29. The average Bonchev–Trinajstić information content (AvgIpc) is 3.37. The van der Waals surface area contributed by atoms with E-state index >= 15 is 0 Å². The van der Waals surface area contributed by atoms with E-state index in [1.54, 1.807) is 21.9 Å². The second kappa shape index (κ2) is 8.32. The van der Waals surface area contributed by atoms with Crippen molar-refractivity contribution in [1.82, 2.24) is 15.1 Å². The number of carbonyl (C=O) groups is 2. The molecule has 0 radical (unpaired) electrons. The molecule has 0 saturated carbocycles. The van der Waals surface area contributed by atoms with Crippen LogP contribution < -0.4 is 14.7 Å². The smallest absolute Gasteiger partial charge is 0.242 e. The zero-order valence-electron chi connectivity index (χ0n) is 16.3. The fourth-order valence-corrected chi connectivity index (χ4v) is 4.41. The van der Waals surface area contributed by atoms with Gasteiger partial charge in [0.1, 0.15) is 5.82 Å². The minimum Gasteiger partial charge on any atom is -0.368 e. The van der Waals surface area contributed by atoms with Gasteiger partial charge in [-0.1, -0.05) is 11.3 Å². The van der Waals surface area contributed by atoms with E-state index in [9.17, 15) is 14.0 Å². The molecule has 0 bridgehead atoms. The molecule has 1 aromatic heterocycles. The van der Waals surface area contributed by atoms with Crippen molar-refractivity contribution in [3.05, 3.63) is 30.1 Å². The summed E-state index contributed by atoms with van der Waals surface area (Å²) in [5, 5.41) is 9.47. The van der Waals surface area contributed by atoms with E-state index in [1.165, 1.54) is 23.5 Å². The van der Waals surface area contributed by atoms with Gasteiger partial charge in [-0.15, -0.1) is 10.2 Å². The number of carbonyl (C=O) groups excluding carboxylic acids is 2. The molecular weight excluding hydrogens is 395 g/mol. The van der Waals surface area contributed by atoms with E-state index in [0.717, 1.165) is 12.1 Å². The molecule has 2 aliphatic heterocycles. The van der Waals surface area contributed by atoms with Crippen LogP contribution in [0, 0.1) is 5.82 Å². The van der Waals surface area contributed by atoms with Gasteiger partial charge < -0.3 is 14.7 Å². The van der Waals surface area contributed by atoms with E-state index < -0.39 is 0 Å². The van der Waals surface area contributed by atoms with Crippen LogP contribution >= 0.6 is 11.3 Å². The number of hydrogen-bond donors (Lipinski definition) is 0. The Labute approximate surface area is 172 Å². The molecule has 2 fully saturated rings. The highest BCUT2D eigenvalue weighted by molar-refractivity contribution is 7.19. The van der Waals surface area contributed by atoms with Crippen LogP contribution in [0.1, 0.15) is 12.8 Å². The minimum absolute atomic E-state index is 0.0280. The Morgan fingerprint density at radius 2 is 1.86 bits per heavy atom. The summed E-state index contributed by atoms with van der Waals surface area (Å²) in [7, 11) is 1.81. The molecule has 2 aromatic rings. The number of piperazine rings is 1. The van der Waals surface area contributed by atoms with Crippen LogP contribution in [0.2, 0.25) is 0 Å². The average molecular weight is 418 g/mol. The van der Waals surface area contributed by atoms with Crippen molar-refractivity contribution in [3.8, 4) is 0 Å². The van der Waals surface area contributed by atoms with E-state index in [-0.39, 0.29) is 24.2 Å². The minimum atomic E-state index is -0.250. The van der Waals surface area contributed by atoms with Gasteiger partial charge in [0.25, 0.3) is 0 Å². The first-order valence-corrected chi connectivity index (χ1v) is 10.5. The molecule has 0 atom stereocenters. The summed E-state index contributed by atoms with van der Waals surface area (Å²) >= 11 is 1.33. The van der Waals surface area contributed by atoms with Gasteiger partial charge in [-0.2, -0.15) is 0 Å². The van der Waals surface area contributed by atoms with Crippen LogP contribution in [0.5, 0.6) is 0 Å². The van der Waals surface area contributed by atoms with Crippen molar-refractivity contribution in [3.63, 3.8) is 0 Å². The molecule has 0 spiro atoms. The summed E-state index contributed by atoms with van der Waals surface area (Å²) in [5.41, 5.74) is 0.966. The molecule has 10 heteroatoms. The van der Waals surface area contributed by atoms with Gasteiger partial charge in [-0.25, -0.2) is 4.39 Å². The normalized spacial score (nSPS) is 17.2. The molecule has 29 heavy (non-hydrogen) atoms. The van der Waals surface area contributed by atoms with Crippen LogP contribution in [-0.4, -0.2) is 73.2 Å². The third-order valence-electron chi connectivity index (χ3n) is 5.23. The quantitative estimate of drug-likeness (QED) is 0.734. The van der Waals surface area contributed by atoms with E-state index in [0.29, 0.717) is 49.4 Å². The SMILES string of the molecule is CN(CC(=O)N1CCN(c2ccc(F)cc2)CC1)c1nnc(N2CCCC2=O)s1. The molecule has 1 aromatic carbocycles. The Balaban J connectivity index is 1.30. The van der Waals surface area contributed by atoms with E-state index in [4.69, 9.17) is 0 Å². The maximum Gasteiger partial charge on any atom is 0.242 e. The Bertz CT molecular complexity index is 881. The molecule has 0 aliphatic carbocycles. The number of hydrogen-bond acceptors (Lipinski definition) is 7. The number of nitrogens with zero attached hydrogens (tertiary/aromatic N) is 6. The third kappa shape index (κ3) is 4.31. The van der Waals surface area contributed by atoms with Crippen LogP contribution in [0.15, 0.2) is 24.3 Å². The number of aromatic nitrogens is 2. The van der Waals surface area contributed by atoms with Gasteiger partial charge in [-0.3, -0.25) is 14.5 Å². The lowest BCUT2D eigenvalue weighted by atomic mass is 10.2. The molecule has 0 N–H and O–H groups in total. The molecule has 2 amide bonds. The lowest BCUT2D eigenvalue weighted by Crippen LogP contribution is -2.51. The van der Waals surface area contributed by atoms with Crippen molar-refractivity contribution in [1.29, 1.82) is 0 Å². The first kappa shape index (κ1) is 19.6. The molecule has 8 nitrogen and oxygen atoms in total. The van der Waals surface area contributed by atoms with Crippen molar-refractivity contribution >= 4 is 39.1 Å². The van der Waals surface area contributed by atoms with E-state index in [2.05, 4.69) is 15.1 Å². The summed E-state index contributed by atoms with van der Waals surface area (Å²) in [4.78, 5) is 32.0. The number of anilines is 3. The fraction of sp³-hybridized carbons (Fsp3) is 0.474. The maximum absolute atomic E-state index is 13.1. The van der Waals surface area contributed by atoms with E-state index in [1.807, 2.05) is 11.9 Å². The molecule has 4 rings (SSSR count). The zero-order chi connectivity index (χ0) is 20.4. The second-order valence-electron chi connectivity index (χ2n) is 7.22.